The van der Waals surface area contributed by atoms with Crippen molar-refractivity contribution < 1.29 is 19.1 Å². The Balaban J connectivity index is 1.28. The van der Waals surface area contributed by atoms with Crippen molar-refractivity contribution in [1.29, 1.82) is 0 Å². The highest BCUT2D eigenvalue weighted by molar-refractivity contribution is 6.03. The molecule has 0 fully saturated rings. The summed E-state index contributed by atoms with van der Waals surface area (Å²) < 4.78 is 11.7. The lowest BCUT2D eigenvalue weighted by Gasteiger charge is -2.14. The number of amides is 2. The number of hydrogen-bond acceptors (Lipinski definition) is 4. The number of nitrogens with one attached hydrogen (secondary N) is 2. The summed E-state index contributed by atoms with van der Waals surface area (Å²) in [6.45, 7) is 0.478. The van der Waals surface area contributed by atoms with Crippen molar-refractivity contribution in [2.75, 3.05) is 23.8 Å². The number of rotatable bonds is 11. The summed E-state index contributed by atoms with van der Waals surface area (Å²) >= 11 is 0. The Morgan fingerprint density at radius 2 is 0.895 bits per heavy atom. The first-order chi connectivity index (χ1) is 18.7. The maximum Gasteiger partial charge on any atom is 0.248 e. The molecule has 6 heteroatoms. The van der Waals surface area contributed by atoms with Crippen LogP contribution in [0.2, 0.25) is 0 Å². The van der Waals surface area contributed by atoms with Gasteiger partial charge in [-0.2, -0.15) is 0 Å². The molecule has 4 rings (SSSR count). The Bertz CT molecular complexity index is 1290. The third-order valence-corrected chi connectivity index (χ3v) is 5.34. The third-order valence-electron chi connectivity index (χ3n) is 5.34. The van der Waals surface area contributed by atoms with Crippen LogP contribution < -0.4 is 20.1 Å². The van der Waals surface area contributed by atoms with Crippen molar-refractivity contribution in [3.63, 3.8) is 0 Å². The number of carbonyl (C=O) groups is 2. The Morgan fingerprint density at radius 1 is 0.526 bits per heavy atom. The van der Waals surface area contributed by atoms with E-state index in [9.17, 15) is 9.59 Å². The molecule has 6 nitrogen and oxygen atoms in total. The zero-order valence-electron chi connectivity index (χ0n) is 20.7. The van der Waals surface area contributed by atoms with E-state index in [4.69, 9.17) is 9.47 Å². The van der Waals surface area contributed by atoms with E-state index in [1.165, 1.54) is 12.2 Å². The summed E-state index contributed by atoms with van der Waals surface area (Å²) in [5.74, 6) is 0.551. The second kappa shape index (κ2) is 13.8. The molecular formula is C32H28N2O4. The van der Waals surface area contributed by atoms with Crippen LogP contribution in [-0.4, -0.2) is 25.0 Å². The molecule has 4 aromatic carbocycles. The zero-order valence-corrected chi connectivity index (χ0v) is 20.7. The van der Waals surface area contributed by atoms with Crippen molar-refractivity contribution in [1.82, 2.24) is 0 Å². The van der Waals surface area contributed by atoms with E-state index in [1.807, 2.05) is 84.9 Å². The highest BCUT2D eigenvalue weighted by atomic mass is 16.5. The average Bonchev–Trinajstić information content (AvgIpc) is 2.96. The smallest absolute Gasteiger partial charge is 0.248 e. The molecule has 0 aliphatic heterocycles. The minimum absolute atomic E-state index is 0.239. The lowest BCUT2D eigenvalue weighted by Crippen LogP contribution is -2.14. The molecule has 0 saturated heterocycles. The summed E-state index contributed by atoms with van der Waals surface area (Å²) in [6.07, 6.45) is 6.46. The highest BCUT2D eigenvalue weighted by Crippen LogP contribution is 2.25. The number of benzene rings is 4. The predicted octanol–water partition coefficient (Wildman–Crippen LogP) is 6.45. The molecule has 38 heavy (non-hydrogen) atoms. The van der Waals surface area contributed by atoms with Gasteiger partial charge < -0.3 is 20.1 Å². The minimum atomic E-state index is -0.257. The maximum atomic E-state index is 12.4. The van der Waals surface area contributed by atoms with Gasteiger partial charge in [-0.05, 0) is 47.5 Å². The van der Waals surface area contributed by atoms with E-state index in [2.05, 4.69) is 10.6 Å². The van der Waals surface area contributed by atoms with Gasteiger partial charge in [0.1, 0.15) is 24.7 Å². The number of para-hydroxylation sites is 4. The lowest BCUT2D eigenvalue weighted by molar-refractivity contribution is -0.112. The maximum absolute atomic E-state index is 12.4. The van der Waals surface area contributed by atoms with Gasteiger partial charge in [-0.25, -0.2) is 0 Å². The van der Waals surface area contributed by atoms with Gasteiger partial charge in [-0.15, -0.1) is 0 Å². The van der Waals surface area contributed by atoms with Crippen LogP contribution in [0.5, 0.6) is 11.5 Å². The first kappa shape index (κ1) is 26.0. The molecule has 0 saturated carbocycles. The fourth-order valence-electron chi connectivity index (χ4n) is 3.52. The Labute approximate surface area is 222 Å². The van der Waals surface area contributed by atoms with Gasteiger partial charge >= 0.3 is 0 Å². The van der Waals surface area contributed by atoms with E-state index in [0.717, 1.165) is 11.1 Å². The summed E-state index contributed by atoms with van der Waals surface area (Å²) in [4.78, 5) is 24.8. The molecule has 0 atom stereocenters. The minimum Gasteiger partial charge on any atom is -0.488 e. The van der Waals surface area contributed by atoms with Crippen molar-refractivity contribution in [2.24, 2.45) is 0 Å². The second-order valence-electron chi connectivity index (χ2n) is 8.16. The normalized spacial score (nSPS) is 10.8. The van der Waals surface area contributed by atoms with E-state index in [-0.39, 0.29) is 25.0 Å². The molecule has 0 aromatic heterocycles. The molecule has 2 amide bonds. The van der Waals surface area contributed by atoms with Crippen LogP contribution in [0, 0.1) is 0 Å². The van der Waals surface area contributed by atoms with E-state index in [1.54, 1.807) is 36.4 Å². The number of hydrogen-bond donors (Lipinski definition) is 2. The summed E-state index contributed by atoms with van der Waals surface area (Å²) in [5.41, 5.74) is 3.00. The van der Waals surface area contributed by atoms with Gasteiger partial charge in [0, 0.05) is 12.2 Å². The Hall–Kier alpha value is -5.10. The van der Waals surface area contributed by atoms with Crippen LogP contribution in [0.3, 0.4) is 0 Å². The highest BCUT2D eigenvalue weighted by Gasteiger charge is 2.08. The second-order valence-corrected chi connectivity index (χ2v) is 8.16. The number of anilines is 2. The summed E-state index contributed by atoms with van der Waals surface area (Å²) in [5, 5.41) is 5.70. The van der Waals surface area contributed by atoms with Crippen LogP contribution >= 0.6 is 0 Å². The molecule has 0 aliphatic rings. The van der Waals surface area contributed by atoms with Crippen LogP contribution in [0.4, 0.5) is 11.4 Å². The van der Waals surface area contributed by atoms with Crippen LogP contribution in [0.1, 0.15) is 11.1 Å². The van der Waals surface area contributed by atoms with E-state index in [0.29, 0.717) is 22.9 Å². The molecule has 0 radical (unpaired) electrons. The monoisotopic (exact) mass is 504 g/mol. The fraction of sp³-hybridized carbons (Fsp3) is 0.0625. The lowest BCUT2D eigenvalue weighted by atomic mass is 10.2. The van der Waals surface area contributed by atoms with Crippen molar-refractivity contribution in [2.45, 2.75) is 0 Å². The Morgan fingerprint density at radius 3 is 1.32 bits per heavy atom. The zero-order chi connectivity index (χ0) is 26.4. The SMILES string of the molecule is O=C(/C=C/c1ccccc1)Nc1ccccc1OCCOc1ccccc1NC(=O)/C=C/c1ccccc1. The molecule has 0 aliphatic carbocycles. The third kappa shape index (κ3) is 8.24. The van der Waals surface area contributed by atoms with Crippen LogP contribution in [-0.2, 0) is 9.59 Å². The van der Waals surface area contributed by atoms with Gasteiger partial charge in [0.2, 0.25) is 11.8 Å². The Kier molecular flexibility index (Phi) is 9.47. The van der Waals surface area contributed by atoms with Gasteiger partial charge in [-0.1, -0.05) is 84.9 Å². The molecular weight excluding hydrogens is 476 g/mol. The molecule has 0 heterocycles. The summed E-state index contributed by atoms with van der Waals surface area (Å²) in [7, 11) is 0. The van der Waals surface area contributed by atoms with Crippen molar-refractivity contribution >= 4 is 35.3 Å². The first-order valence-corrected chi connectivity index (χ1v) is 12.2. The van der Waals surface area contributed by atoms with Gasteiger partial charge in [0.15, 0.2) is 0 Å². The van der Waals surface area contributed by atoms with Gasteiger partial charge in [0.05, 0.1) is 11.4 Å². The number of ether oxygens (including phenoxy) is 2. The molecule has 0 bridgehead atoms. The molecule has 190 valence electrons. The van der Waals surface area contributed by atoms with Gasteiger partial charge in [0.25, 0.3) is 0 Å². The standard InChI is InChI=1S/C32H28N2O4/c35-31(21-19-25-11-3-1-4-12-25)33-27-15-7-9-17-29(27)37-23-24-38-30-18-10-8-16-28(30)34-32(36)22-20-26-13-5-2-6-14-26/h1-22H,23-24H2,(H,33,35)(H,34,36)/b21-19+,22-20+. The van der Waals surface area contributed by atoms with Gasteiger partial charge in [-0.3, -0.25) is 9.59 Å². The van der Waals surface area contributed by atoms with E-state index >= 15 is 0 Å². The largest absolute Gasteiger partial charge is 0.488 e. The molecule has 2 N–H and O–H groups in total. The first-order valence-electron chi connectivity index (χ1n) is 12.2. The van der Waals surface area contributed by atoms with Crippen LogP contribution in [0.25, 0.3) is 12.2 Å². The van der Waals surface area contributed by atoms with Crippen molar-refractivity contribution in [3.05, 3.63) is 132 Å². The average molecular weight is 505 g/mol. The van der Waals surface area contributed by atoms with E-state index < -0.39 is 0 Å². The molecule has 4 aromatic rings. The van der Waals surface area contributed by atoms with Crippen molar-refractivity contribution in [3.8, 4) is 11.5 Å². The number of carbonyl (C=O) groups excluding carboxylic acids is 2. The molecule has 0 unspecified atom stereocenters. The predicted molar refractivity (Wildman–Crippen MR) is 152 cm³/mol. The quantitative estimate of drug-likeness (QED) is 0.182. The topological polar surface area (TPSA) is 76.7 Å². The fourth-order valence-corrected chi connectivity index (χ4v) is 3.52. The molecule has 0 spiro atoms. The van der Waals surface area contributed by atoms with Crippen LogP contribution in [0.15, 0.2) is 121 Å². The summed E-state index contributed by atoms with van der Waals surface area (Å²) in [6, 6.07) is 33.6.